The maximum Gasteiger partial charge on any atom is 0.420 e. The van der Waals surface area contributed by atoms with Crippen LogP contribution < -0.4 is 9.84 Å². The van der Waals surface area contributed by atoms with Crippen LogP contribution in [0.5, 0.6) is 11.6 Å². The van der Waals surface area contributed by atoms with Gasteiger partial charge >= 0.3 is 6.18 Å². The number of aliphatic imine (C=N–C) groups is 1. The average molecular weight is 357 g/mol. The number of nitrogens with zero attached hydrogens (tertiary/aromatic N) is 4. The summed E-state index contributed by atoms with van der Waals surface area (Å²) in [5.41, 5.74) is -1.65. The summed E-state index contributed by atoms with van der Waals surface area (Å²) in [5, 5.41) is 26.1. The van der Waals surface area contributed by atoms with E-state index in [1.54, 1.807) is 6.92 Å². The second-order valence-electron chi connectivity index (χ2n) is 4.78. The molecule has 0 aliphatic heterocycles. The lowest BCUT2D eigenvalue weighted by Crippen LogP contribution is -2.29. The highest BCUT2D eigenvalue weighted by Crippen LogP contribution is 2.39. The SMILES string of the molecule is CCc1cc(Oc2ccc([N+](=O)[O-])cc2C(F)(F)F)nn1C([O-])=NC. The molecule has 0 bridgehead atoms. The van der Waals surface area contributed by atoms with Gasteiger partial charge in [0.25, 0.3) is 5.69 Å². The first-order chi connectivity index (χ1) is 11.7. The Morgan fingerprint density at radius 3 is 2.60 bits per heavy atom. The Morgan fingerprint density at radius 2 is 2.08 bits per heavy atom. The van der Waals surface area contributed by atoms with Crippen LogP contribution in [-0.2, 0) is 12.6 Å². The van der Waals surface area contributed by atoms with Crippen molar-refractivity contribution in [1.82, 2.24) is 9.78 Å². The quantitative estimate of drug-likeness (QED) is 0.361. The lowest BCUT2D eigenvalue weighted by Gasteiger charge is -2.13. The molecule has 2 rings (SSSR count). The second-order valence-corrected chi connectivity index (χ2v) is 4.78. The Hall–Kier alpha value is -3.11. The van der Waals surface area contributed by atoms with Crippen molar-refractivity contribution in [3.63, 3.8) is 0 Å². The zero-order valence-corrected chi connectivity index (χ0v) is 13.1. The first-order valence-corrected chi connectivity index (χ1v) is 6.94. The predicted octanol–water partition coefficient (Wildman–Crippen LogP) is 2.36. The van der Waals surface area contributed by atoms with Gasteiger partial charge in [0, 0.05) is 30.9 Å². The Labute approximate surface area is 139 Å². The van der Waals surface area contributed by atoms with E-state index >= 15 is 0 Å². The fourth-order valence-electron chi connectivity index (χ4n) is 2.01. The average Bonchev–Trinajstić information content (AvgIpc) is 2.96. The zero-order chi connectivity index (χ0) is 18.8. The highest BCUT2D eigenvalue weighted by Gasteiger charge is 2.36. The molecular formula is C14H12F3N4O4-. The number of nitro groups is 1. The van der Waals surface area contributed by atoms with E-state index in [0.29, 0.717) is 18.2 Å². The Balaban J connectivity index is 2.47. The molecule has 0 atom stereocenters. The van der Waals surface area contributed by atoms with E-state index in [1.165, 1.54) is 13.1 Å². The molecule has 0 aliphatic rings. The van der Waals surface area contributed by atoms with Crippen LogP contribution in [0.4, 0.5) is 18.9 Å². The maximum atomic E-state index is 13.1. The summed E-state index contributed by atoms with van der Waals surface area (Å²) in [6.45, 7) is 1.72. The minimum Gasteiger partial charge on any atom is -0.845 e. The summed E-state index contributed by atoms with van der Waals surface area (Å²) in [6.07, 6.45) is -4.50. The monoisotopic (exact) mass is 357 g/mol. The Kier molecular flexibility index (Phi) is 4.95. The van der Waals surface area contributed by atoms with Crippen LogP contribution in [0.15, 0.2) is 29.3 Å². The number of aromatic nitrogens is 2. The molecule has 0 amide bonds. The van der Waals surface area contributed by atoms with Crippen molar-refractivity contribution >= 4 is 11.7 Å². The number of rotatable bonds is 4. The van der Waals surface area contributed by atoms with Gasteiger partial charge in [0.05, 0.1) is 10.9 Å². The van der Waals surface area contributed by atoms with E-state index in [0.717, 1.165) is 16.8 Å². The standard InChI is InChI=1S/C14H13F3N4O4/c1-3-8-7-12(19-20(8)13(22)18-2)25-11-5-4-9(21(23)24)6-10(11)14(15,16)17/h4-7H,3H2,1-2H3,(H,18,22)/p-1. The van der Waals surface area contributed by atoms with Crippen LogP contribution >= 0.6 is 0 Å². The van der Waals surface area contributed by atoms with Gasteiger partial charge in [-0.1, -0.05) is 6.92 Å². The number of alkyl halides is 3. The molecule has 0 saturated carbocycles. The molecule has 1 aromatic carbocycles. The second kappa shape index (κ2) is 6.79. The molecular weight excluding hydrogens is 345 g/mol. The van der Waals surface area contributed by atoms with Crippen LogP contribution in [0.3, 0.4) is 0 Å². The molecule has 0 spiro atoms. The lowest BCUT2D eigenvalue weighted by atomic mass is 10.1. The summed E-state index contributed by atoms with van der Waals surface area (Å²) < 4.78 is 45.4. The molecule has 0 N–H and O–H groups in total. The molecule has 134 valence electrons. The zero-order valence-electron chi connectivity index (χ0n) is 13.1. The number of aryl methyl sites for hydroxylation is 1. The number of hydrogen-bond donors (Lipinski definition) is 0. The van der Waals surface area contributed by atoms with E-state index < -0.39 is 34.1 Å². The van der Waals surface area contributed by atoms with Crippen molar-refractivity contribution in [3.8, 4) is 11.6 Å². The molecule has 0 aliphatic carbocycles. The summed E-state index contributed by atoms with van der Waals surface area (Å²) >= 11 is 0. The van der Waals surface area contributed by atoms with Gasteiger partial charge in [0.1, 0.15) is 11.3 Å². The highest BCUT2D eigenvalue weighted by molar-refractivity contribution is 5.71. The normalized spacial score (nSPS) is 12.3. The first kappa shape index (κ1) is 18.2. The highest BCUT2D eigenvalue weighted by atomic mass is 19.4. The van der Waals surface area contributed by atoms with Gasteiger partial charge in [-0.25, -0.2) is 4.68 Å². The van der Waals surface area contributed by atoms with Crippen molar-refractivity contribution in [2.75, 3.05) is 7.05 Å². The maximum absolute atomic E-state index is 13.1. The fraction of sp³-hybridized carbons (Fsp3) is 0.286. The van der Waals surface area contributed by atoms with Gasteiger partial charge in [0.15, 0.2) is 0 Å². The van der Waals surface area contributed by atoms with E-state index in [9.17, 15) is 28.4 Å². The van der Waals surface area contributed by atoms with Gasteiger partial charge in [-0.15, -0.1) is 5.10 Å². The summed E-state index contributed by atoms with van der Waals surface area (Å²) in [4.78, 5) is 13.2. The molecule has 0 radical (unpaired) electrons. The van der Waals surface area contributed by atoms with Crippen molar-refractivity contribution in [1.29, 1.82) is 0 Å². The van der Waals surface area contributed by atoms with Crippen molar-refractivity contribution < 1.29 is 27.9 Å². The van der Waals surface area contributed by atoms with E-state index in [1.807, 2.05) is 0 Å². The summed E-state index contributed by atoms with van der Waals surface area (Å²) in [7, 11) is 1.25. The predicted molar refractivity (Wildman–Crippen MR) is 78.5 cm³/mol. The molecule has 0 saturated heterocycles. The van der Waals surface area contributed by atoms with Crippen molar-refractivity contribution in [3.05, 3.63) is 45.6 Å². The molecule has 0 fully saturated rings. The number of nitro benzene ring substituents is 1. The summed E-state index contributed by atoms with van der Waals surface area (Å²) in [5.74, 6) is -0.917. The minimum absolute atomic E-state index is 0.256. The van der Waals surface area contributed by atoms with Crippen molar-refractivity contribution in [2.24, 2.45) is 4.99 Å². The number of ether oxygens (including phenoxy) is 1. The molecule has 1 heterocycles. The van der Waals surface area contributed by atoms with Gasteiger partial charge in [0.2, 0.25) is 5.88 Å². The van der Waals surface area contributed by atoms with Crippen LogP contribution in [0.25, 0.3) is 0 Å². The number of hydrogen-bond acceptors (Lipinski definition) is 6. The third-order valence-corrected chi connectivity index (χ3v) is 3.19. The molecule has 0 unspecified atom stereocenters. The number of benzene rings is 1. The smallest absolute Gasteiger partial charge is 0.420 e. The molecule has 1 aromatic heterocycles. The van der Waals surface area contributed by atoms with E-state index in [-0.39, 0.29) is 5.88 Å². The van der Waals surface area contributed by atoms with Crippen LogP contribution in [0.2, 0.25) is 0 Å². The first-order valence-electron chi connectivity index (χ1n) is 6.94. The topological polar surface area (TPSA) is 106 Å². The number of non-ortho nitro benzene ring substituents is 1. The van der Waals surface area contributed by atoms with Crippen LogP contribution in [-0.4, -0.2) is 27.8 Å². The Bertz CT molecular complexity index is 830. The minimum atomic E-state index is -4.87. The van der Waals surface area contributed by atoms with Crippen molar-refractivity contribution in [2.45, 2.75) is 19.5 Å². The lowest BCUT2D eigenvalue weighted by molar-refractivity contribution is -0.385. The van der Waals surface area contributed by atoms with Gasteiger partial charge in [-0.3, -0.25) is 15.1 Å². The van der Waals surface area contributed by atoms with E-state index in [2.05, 4.69) is 10.1 Å². The number of halogens is 3. The fourth-order valence-corrected chi connectivity index (χ4v) is 2.01. The van der Waals surface area contributed by atoms with Crippen LogP contribution in [0.1, 0.15) is 18.2 Å². The van der Waals surface area contributed by atoms with Crippen LogP contribution in [0, 0.1) is 10.1 Å². The molecule has 25 heavy (non-hydrogen) atoms. The molecule has 8 nitrogen and oxygen atoms in total. The van der Waals surface area contributed by atoms with Gasteiger partial charge in [-0.2, -0.15) is 13.2 Å². The molecule has 2 aromatic rings. The largest absolute Gasteiger partial charge is 0.845 e. The third-order valence-electron chi connectivity index (χ3n) is 3.19. The Morgan fingerprint density at radius 1 is 1.40 bits per heavy atom. The summed E-state index contributed by atoms with van der Waals surface area (Å²) in [6, 6.07) is 2.68. The van der Waals surface area contributed by atoms with E-state index in [4.69, 9.17) is 4.74 Å². The third kappa shape index (κ3) is 3.87. The van der Waals surface area contributed by atoms with Gasteiger partial charge in [-0.05, 0) is 12.5 Å². The van der Waals surface area contributed by atoms with Gasteiger partial charge < -0.3 is 9.84 Å². The molecule has 11 heteroatoms.